The van der Waals surface area contributed by atoms with Gasteiger partial charge in [0.2, 0.25) is 0 Å². The topological polar surface area (TPSA) is 65.8 Å². The van der Waals surface area contributed by atoms with Gasteiger partial charge in [-0.2, -0.15) is 5.26 Å². The number of carbonyl (C=O) groups excluding carboxylic acids is 1. The lowest BCUT2D eigenvalue weighted by Gasteiger charge is -2.06. The average Bonchev–Trinajstić information content (AvgIpc) is 3.17. The second-order valence-electron chi connectivity index (χ2n) is 6.24. The molecule has 0 unspecified atom stereocenters. The number of aromatic nitrogens is 1. The van der Waals surface area contributed by atoms with Crippen LogP contribution >= 0.6 is 22.9 Å². The molecule has 0 atom stereocenters. The summed E-state index contributed by atoms with van der Waals surface area (Å²) in [6.07, 6.45) is 1.77. The molecule has 6 heteroatoms. The van der Waals surface area contributed by atoms with Crippen LogP contribution in [-0.2, 0) is 0 Å². The predicted molar refractivity (Wildman–Crippen MR) is 119 cm³/mol. The number of halogens is 1. The number of fused-ring (bicyclic) bond motifs is 1. The quantitative estimate of drug-likeness (QED) is 0.399. The van der Waals surface area contributed by atoms with Crippen molar-refractivity contribution < 1.29 is 4.79 Å². The van der Waals surface area contributed by atoms with E-state index < -0.39 is 0 Å². The largest absolute Gasteiger partial charge is 0.322 e. The molecular formula is C23H14ClN3OS. The molecule has 0 aliphatic rings. The van der Waals surface area contributed by atoms with Gasteiger partial charge >= 0.3 is 0 Å². The Labute approximate surface area is 176 Å². The summed E-state index contributed by atoms with van der Waals surface area (Å²) < 4.78 is 1.03. The third-order valence-corrected chi connectivity index (χ3v) is 5.53. The molecule has 29 heavy (non-hydrogen) atoms. The number of nitrogens with zero attached hydrogens (tertiary/aromatic N) is 2. The van der Waals surface area contributed by atoms with Gasteiger partial charge in [-0.1, -0.05) is 35.9 Å². The highest BCUT2D eigenvalue weighted by molar-refractivity contribution is 7.19. The fraction of sp³-hybridized carbons (Fsp3) is 0. The van der Waals surface area contributed by atoms with Crippen LogP contribution in [0.25, 0.3) is 21.9 Å². The highest BCUT2D eigenvalue weighted by Gasteiger charge is 2.10. The average molecular weight is 416 g/mol. The van der Waals surface area contributed by atoms with Crippen LogP contribution in [0.15, 0.2) is 72.8 Å². The van der Waals surface area contributed by atoms with Gasteiger partial charge in [0.05, 0.1) is 15.8 Å². The zero-order valence-electron chi connectivity index (χ0n) is 15.1. The summed E-state index contributed by atoms with van der Waals surface area (Å²) in [7, 11) is 0. The van der Waals surface area contributed by atoms with E-state index in [1.165, 1.54) is 11.3 Å². The smallest absolute Gasteiger partial charge is 0.255 e. The van der Waals surface area contributed by atoms with Crippen molar-refractivity contribution in [1.82, 2.24) is 4.98 Å². The number of allylic oxidation sites excluding steroid dienone is 1. The number of benzene rings is 3. The van der Waals surface area contributed by atoms with E-state index >= 15 is 0 Å². The van der Waals surface area contributed by atoms with Crippen molar-refractivity contribution in [3.05, 3.63) is 94.0 Å². The lowest BCUT2D eigenvalue weighted by atomic mass is 10.1. The van der Waals surface area contributed by atoms with Gasteiger partial charge in [0.25, 0.3) is 5.91 Å². The minimum Gasteiger partial charge on any atom is -0.322 e. The van der Waals surface area contributed by atoms with Crippen molar-refractivity contribution in [1.29, 1.82) is 5.26 Å². The molecule has 140 valence electrons. The molecule has 1 N–H and O–H groups in total. The number of amides is 1. The molecule has 0 aliphatic carbocycles. The molecule has 1 aromatic heterocycles. The fourth-order valence-electron chi connectivity index (χ4n) is 2.81. The van der Waals surface area contributed by atoms with Gasteiger partial charge in [0, 0.05) is 16.3 Å². The summed E-state index contributed by atoms with van der Waals surface area (Å²) in [4.78, 5) is 17.0. The van der Waals surface area contributed by atoms with Crippen LogP contribution in [0.3, 0.4) is 0 Å². The van der Waals surface area contributed by atoms with Crippen molar-refractivity contribution in [3.63, 3.8) is 0 Å². The molecule has 0 saturated carbocycles. The van der Waals surface area contributed by atoms with Crippen molar-refractivity contribution in [2.24, 2.45) is 0 Å². The summed E-state index contributed by atoms with van der Waals surface area (Å²) >= 11 is 7.35. The van der Waals surface area contributed by atoms with Crippen LogP contribution in [0.1, 0.15) is 20.9 Å². The standard InChI is InChI=1S/C23H14ClN3OS/c24-18-10-8-16(9-11-18)22(28)26-19-5-3-4-15(13-19)12-17(14-25)23-27-20-6-1-2-7-21(20)29-23/h1-13H,(H,26,28)/b17-12+. The Morgan fingerprint density at radius 1 is 1.07 bits per heavy atom. The highest BCUT2D eigenvalue weighted by Crippen LogP contribution is 2.28. The molecule has 4 aromatic rings. The van der Waals surface area contributed by atoms with Gasteiger partial charge in [-0.3, -0.25) is 4.79 Å². The zero-order valence-corrected chi connectivity index (χ0v) is 16.7. The van der Waals surface area contributed by atoms with Gasteiger partial charge < -0.3 is 5.32 Å². The van der Waals surface area contributed by atoms with E-state index in [0.717, 1.165) is 15.8 Å². The van der Waals surface area contributed by atoms with Crippen LogP contribution in [0.5, 0.6) is 0 Å². The first-order chi connectivity index (χ1) is 14.1. The molecule has 3 aromatic carbocycles. The highest BCUT2D eigenvalue weighted by atomic mass is 35.5. The Morgan fingerprint density at radius 2 is 1.86 bits per heavy atom. The van der Waals surface area contributed by atoms with E-state index in [0.29, 0.717) is 26.9 Å². The van der Waals surface area contributed by atoms with Crippen LogP contribution in [0, 0.1) is 11.3 Å². The second-order valence-corrected chi connectivity index (χ2v) is 7.71. The monoisotopic (exact) mass is 415 g/mol. The summed E-state index contributed by atoms with van der Waals surface area (Å²) in [5, 5.41) is 13.7. The Balaban J connectivity index is 1.59. The molecule has 0 spiro atoms. The van der Waals surface area contributed by atoms with Crippen molar-refractivity contribution in [2.75, 3.05) is 5.32 Å². The van der Waals surface area contributed by atoms with E-state index in [2.05, 4.69) is 16.4 Å². The van der Waals surface area contributed by atoms with Crippen LogP contribution in [0.4, 0.5) is 5.69 Å². The number of hydrogen-bond acceptors (Lipinski definition) is 4. The summed E-state index contributed by atoms with van der Waals surface area (Å²) in [6, 6.07) is 24.0. The third-order valence-electron chi connectivity index (χ3n) is 4.21. The minimum absolute atomic E-state index is 0.227. The first kappa shape index (κ1) is 18.9. The van der Waals surface area contributed by atoms with E-state index in [1.54, 1.807) is 36.4 Å². The van der Waals surface area contributed by atoms with Crippen LogP contribution in [0.2, 0.25) is 5.02 Å². The second kappa shape index (κ2) is 8.27. The first-order valence-electron chi connectivity index (χ1n) is 8.77. The maximum absolute atomic E-state index is 12.4. The molecule has 0 bridgehead atoms. The summed E-state index contributed by atoms with van der Waals surface area (Å²) in [5.74, 6) is -0.227. The van der Waals surface area contributed by atoms with E-state index in [4.69, 9.17) is 11.6 Å². The Bertz CT molecular complexity index is 1240. The predicted octanol–water partition coefficient (Wildman–Crippen LogP) is 6.27. The van der Waals surface area contributed by atoms with Gasteiger partial charge in [0.1, 0.15) is 11.1 Å². The molecule has 0 fully saturated rings. The Morgan fingerprint density at radius 3 is 2.62 bits per heavy atom. The van der Waals surface area contributed by atoms with E-state index in [1.807, 2.05) is 42.5 Å². The van der Waals surface area contributed by atoms with Gasteiger partial charge in [0.15, 0.2) is 0 Å². The Kier molecular flexibility index (Phi) is 5.39. The van der Waals surface area contributed by atoms with Crippen LogP contribution in [-0.4, -0.2) is 10.9 Å². The number of anilines is 1. The Hall–Kier alpha value is -3.46. The van der Waals surface area contributed by atoms with E-state index in [-0.39, 0.29) is 5.91 Å². The molecule has 1 amide bonds. The number of carbonyl (C=O) groups is 1. The zero-order chi connectivity index (χ0) is 20.2. The van der Waals surface area contributed by atoms with Gasteiger partial charge in [-0.15, -0.1) is 11.3 Å². The van der Waals surface area contributed by atoms with Crippen LogP contribution < -0.4 is 5.32 Å². The van der Waals surface area contributed by atoms with Crippen molar-refractivity contribution >= 4 is 56.4 Å². The SMILES string of the molecule is N#C/C(=C\c1cccc(NC(=O)c2ccc(Cl)cc2)c1)c1nc2ccccc2s1. The van der Waals surface area contributed by atoms with Crippen molar-refractivity contribution in [2.45, 2.75) is 0 Å². The minimum atomic E-state index is -0.227. The number of hydrogen-bond donors (Lipinski definition) is 1. The molecule has 0 saturated heterocycles. The fourth-order valence-corrected chi connectivity index (χ4v) is 3.86. The molecule has 0 aliphatic heterocycles. The lowest BCUT2D eigenvalue weighted by molar-refractivity contribution is 0.102. The number of rotatable bonds is 4. The number of nitriles is 1. The molecule has 0 radical (unpaired) electrons. The number of thiazole rings is 1. The van der Waals surface area contributed by atoms with E-state index in [9.17, 15) is 10.1 Å². The van der Waals surface area contributed by atoms with Crippen molar-refractivity contribution in [3.8, 4) is 6.07 Å². The lowest BCUT2D eigenvalue weighted by Crippen LogP contribution is -2.11. The maximum Gasteiger partial charge on any atom is 0.255 e. The normalized spacial score (nSPS) is 11.2. The maximum atomic E-state index is 12.4. The number of nitrogens with one attached hydrogen (secondary N) is 1. The first-order valence-corrected chi connectivity index (χ1v) is 9.96. The van der Waals surface area contributed by atoms with Gasteiger partial charge in [-0.25, -0.2) is 4.98 Å². The summed E-state index contributed by atoms with van der Waals surface area (Å²) in [5.41, 5.74) is 3.31. The van der Waals surface area contributed by atoms with Gasteiger partial charge in [-0.05, 0) is 60.2 Å². The number of para-hydroxylation sites is 1. The molecule has 4 nitrogen and oxygen atoms in total. The molecule has 4 rings (SSSR count). The molecule has 1 heterocycles. The third kappa shape index (κ3) is 4.35. The molecular weight excluding hydrogens is 402 g/mol. The summed E-state index contributed by atoms with van der Waals surface area (Å²) in [6.45, 7) is 0.